The Kier molecular flexibility index (Phi) is 3.25. The van der Waals surface area contributed by atoms with Crippen LogP contribution >= 0.6 is 11.6 Å². The lowest BCUT2D eigenvalue weighted by Gasteiger charge is -2.05. The van der Waals surface area contributed by atoms with Crippen LogP contribution in [0.2, 0.25) is 5.02 Å². The number of benzene rings is 1. The van der Waals surface area contributed by atoms with E-state index in [1.807, 2.05) is 0 Å². The van der Waals surface area contributed by atoms with Gasteiger partial charge in [0.25, 0.3) is 0 Å². The lowest BCUT2D eigenvalue weighted by Crippen LogP contribution is -1.91. The second-order valence-electron chi connectivity index (χ2n) is 2.56. The van der Waals surface area contributed by atoms with Gasteiger partial charge in [0.15, 0.2) is 11.6 Å². The van der Waals surface area contributed by atoms with Crippen molar-refractivity contribution in [2.45, 2.75) is 12.8 Å². The van der Waals surface area contributed by atoms with Crippen molar-refractivity contribution in [3.05, 3.63) is 28.5 Å². The zero-order valence-electron chi connectivity index (χ0n) is 6.76. The lowest BCUT2D eigenvalue weighted by molar-refractivity contribution is -0.107. The zero-order valence-corrected chi connectivity index (χ0v) is 7.51. The van der Waals surface area contributed by atoms with Gasteiger partial charge in [-0.1, -0.05) is 11.6 Å². The molecule has 0 fully saturated rings. The molecule has 0 saturated carbocycles. The smallest absolute Gasteiger partial charge is 0.165 e. The SMILES string of the molecule is O=CCCc1c(Cl)ccc(F)c1O. The van der Waals surface area contributed by atoms with Crippen LogP contribution in [-0.4, -0.2) is 11.4 Å². The fourth-order valence-electron chi connectivity index (χ4n) is 1.02. The number of phenolic OH excluding ortho intramolecular Hbond substituents is 1. The van der Waals surface area contributed by atoms with Crippen LogP contribution in [0.3, 0.4) is 0 Å². The first-order valence-electron chi connectivity index (χ1n) is 3.76. The average molecular weight is 203 g/mol. The molecule has 2 nitrogen and oxygen atoms in total. The van der Waals surface area contributed by atoms with Gasteiger partial charge in [-0.3, -0.25) is 0 Å². The summed E-state index contributed by atoms with van der Waals surface area (Å²) in [4.78, 5) is 10.1. The van der Waals surface area contributed by atoms with Gasteiger partial charge in [-0.05, 0) is 18.6 Å². The Morgan fingerprint density at radius 3 is 2.85 bits per heavy atom. The highest BCUT2D eigenvalue weighted by atomic mass is 35.5. The largest absolute Gasteiger partial charge is 0.505 e. The molecule has 0 aromatic heterocycles. The highest BCUT2D eigenvalue weighted by molar-refractivity contribution is 6.31. The Labute approximate surface area is 80.0 Å². The fourth-order valence-corrected chi connectivity index (χ4v) is 1.27. The second-order valence-corrected chi connectivity index (χ2v) is 2.97. The Bertz CT molecular complexity index is 326. The molecule has 70 valence electrons. The van der Waals surface area contributed by atoms with E-state index in [9.17, 15) is 14.3 Å². The van der Waals surface area contributed by atoms with E-state index in [-0.39, 0.29) is 23.4 Å². The number of aldehydes is 1. The summed E-state index contributed by atoms with van der Waals surface area (Å²) in [6, 6.07) is 2.44. The Morgan fingerprint density at radius 2 is 2.23 bits per heavy atom. The monoisotopic (exact) mass is 202 g/mol. The highest BCUT2D eigenvalue weighted by Gasteiger charge is 2.10. The van der Waals surface area contributed by atoms with Crippen LogP contribution in [0.25, 0.3) is 0 Å². The van der Waals surface area contributed by atoms with E-state index in [2.05, 4.69) is 0 Å². The van der Waals surface area contributed by atoms with Gasteiger partial charge >= 0.3 is 0 Å². The van der Waals surface area contributed by atoms with Gasteiger partial charge in [0.05, 0.1) is 0 Å². The number of rotatable bonds is 3. The summed E-state index contributed by atoms with van der Waals surface area (Å²) in [7, 11) is 0. The molecule has 0 aliphatic heterocycles. The number of phenols is 1. The molecule has 1 N–H and O–H groups in total. The molecule has 0 heterocycles. The molecule has 0 amide bonds. The maximum atomic E-state index is 12.8. The second kappa shape index (κ2) is 4.23. The third kappa shape index (κ3) is 2.18. The highest BCUT2D eigenvalue weighted by Crippen LogP contribution is 2.29. The number of hydrogen-bond acceptors (Lipinski definition) is 2. The molecular weight excluding hydrogens is 195 g/mol. The van der Waals surface area contributed by atoms with Gasteiger partial charge in [-0.25, -0.2) is 4.39 Å². The molecule has 4 heteroatoms. The van der Waals surface area contributed by atoms with Crippen LogP contribution in [0.1, 0.15) is 12.0 Å². The molecule has 0 bridgehead atoms. The average Bonchev–Trinajstić information content (AvgIpc) is 2.12. The maximum Gasteiger partial charge on any atom is 0.165 e. The zero-order chi connectivity index (χ0) is 9.84. The van der Waals surface area contributed by atoms with Crippen LogP contribution in [0, 0.1) is 5.82 Å². The molecule has 0 spiro atoms. The van der Waals surface area contributed by atoms with E-state index in [1.54, 1.807) is 0 Å². The summed E-state index contributed by atoms with van der Waals surface area (Å²) in [6.45, 7) is 0. The Hall–Kier alpha value is -1.09. The van der Waals surface area contributed by atoms with Crippen molar-refractivity contribution in [1.29, 1.82) is 0 Å². The van der Waals surface area contributed by atoms with Crippen LogP contribution in [0.15, 0.2) is 12.1 Å². The molecule has 0 saturated heterocycles. The molecule has 0 unspecified atom stereocenters. The Balaban J connectivity index is 3.02. The number of carbonyl (C=O) groups is 1. The predicted molar refractivity (Wildman–Crippen MR) is 47.5 cm³/mol. The minimum atomic E-state index is -0.717. The normalized spacial score (nSPS) is 10.0. The molecule has 0 aliphatic rings. The molecule has 0 radical (unpaired) electrons. The maximum absolute atomic E-state index is 12.8. The molecule has 1 rings (SSSR count). The van der Waals surface area contributed by atoms with Gasteiger partial charge in [0.2, 0.25) is 0 Å². The van der Waals surface area contributed by atoms with E-state index in [4.69, 9.17) is 11.6 Å². The number of aromatic hydroxyl groups is 1. The third-order valence-electron chi connectivity index (χ3n) is 1.69. The van der Waals surface area contributed by atoms with Gasteiger partial charge in [-0.15, -0.1) is 0 Å². The van der Waals surface area contributed by atoms with Gasteiger partial charge in [-0.2, -0.15) is 0 Å². The molecule has 1 aromatic rings. The summed E-state index contributed by atoms with van der Waals surface area (Å²) < 4.78 is 12.8. The molecule has 0 aliphatic carbocycles. The summed E-state index contributed by atoms with van der Waals surface area (Å²) in [6.07, 6.45) is 1.17. The molecular formula is C9H8ClFO2. The van der Waals surface area contributed by atoms with Gasteiger partial charge in [0.1, 0.15) is 6.29 Å². The van der Waals surface area contributed by atoms with E-state index >= 15 is 0 Å². The van der Waals surface area contributed by atoms with Crippen LogP contribution in [0.4, 0.5) is 4.39 Å². The van der Waals surface area contributed by atoms with E-state index < -0.39 is 11.6 Å². The van der Waals surface area contributed by atoms with Crippen LogP contribution in [0.5, 0.6) is 5.75 Å². The summed E-state index contributed by atoms with van der Waals surface area (Å²) in [5.74, 6) is -1.18. The molecule has 1 aromatic carbocycles. The topological polar surface area (TPSA) is 37.3 Å². The standard InChI is InChI=1S/C9H8ClFO2/c10-7-3-4-8(11)9(13)6(7)2-1-5-12/h3-5,13H,1-2H2. The Morgan fingerprint density at radius 1 is 1.54 bits per heavy atom. The van der Waals surface area contributed by atoms with Crippen molar-refractivity contribution in [3.63, 3.8) is 0 Å². The first kappa shape index (κ1) is 9.99. The number of halogens is 2. The van der Waals surface area contributed by atoms with Gasteiger partial charge < -0.3 is 9.90 Å². The first-order valence-corrected chi connectivity index (χ1v) is 4.14. The van der Waals surface area contributed by atoms with Crippen molar-refractivity contribution >= 4 is 17.9 Å². The molecule has 13 heavy (non-hydrogen) atoms. The van der Waals surface area contributed by atoms with Crippen molar-refractivity contribution in [2.75, 3.05) is 0 Å². The van der Waals surface area contributed by atoms with Crippen molar-refractivity contribution < 1.29 is 14.3 Å². The van der Waals surface area contributed by atoms with E-state index in [0.29, 0.717) is 6.29 Å². The minimum absolute atomic E-state index is 0.219. The number of hydrogen-bond donors (Lipinski definition) is 1. The third-order valence-corrected chi connectivity index (χ3v) is 2.04. The predicted octanol–water partition coefficient (Wildman–Crippen LogP) is 2.32. The summed E-state index contributed by atoms with van der Waals surface area (Å²) in [5.41, 5.74) is 0.286. The van der Waals surface area contributed by atoms with E-state index in [0.717, 1.165) is 6.07 Å². The number of carbonyl (C=O) groups excluding carboxylic acids is 1. The molecule has 0 atom stereocenters. The minimum Gasteiger partial charge on any atom is -0.505 e. The first-order chi connectivity index (χ1) is 6.16. The van der Waals surface area contributed by atoms with Crippen molar-refractivity contribution in [2.24, 2.45) is 0 Å². The van der Waals surface area contributed by atoms with Gasteiger partial charge in [0, 0.05) is 17.0 Å². The van der Waals surface area contributed by atoms with Crippen LogP contribution < -0.4 is 0 Å². The lowest BCUT2D eigenvalue weighted by atomic mass is 10.1. The van der Waals surface area contributed by atoms with Crippen LogP contribution in [-0.2, 0) is 11.2 Å². The van der Waals surface area contributed by atoms with Crippen molar-refractivity contribution in [3.8, 4) is 5.75 Å². The quantitative estimate of drug-likeness (QED) is 0.764. The van der Waals surface area contributed by atoms with E-state index in [1.165, 1.54) is 6.07 Å². The van der Waals surface area contributed by atoms with Crippen molar-refractivity contribution in [1.82, 2.24) is 0 Å². The fraction of sp³-hybridized carbons (Fsp3) is 0.222. The summed E-state index contributed by atoms with van der Waals surface area (Å²) >= 11 is 5.69. The summed E-state index contributed by atoms with van der Waals surface area (Å²) in [5, 5.41) is 9.51.